The first-order chi connectivity index (χ1) is 6.70. The Bertz CT molecular complexity index is 323. The highest BCUT2D eigenvalue weighted by Gasteiger charge is 2.20. The number of ether oxygens (including phenoxy) is 1. The van der Waals surface area contributed by atoms with Gasteiger partial charge < -0.3 is 4.74 Å². The van der Waals surface area contributed by atoms with Gasteiger partial charge in [0.25, 0.3) is 0 Å². The average molecular weight is 304 g/mol. The number of methoxy groups -OCH3 is 1. The lowest BCUT2D eigenvalue weighted by Gasteiger charge is -2.14. The van der Waals surface area contributed by atoms with Crippen molar-refractivity contribution >= 4 is 28.6 Å². The molecule has 0 aliphatic carbocycles. The van der Waals surface area contributed by atoms with Crippen LogP contribution in [0.15, 0.2) is 24.3 Å². The molecule has 3 heteroatoms. The molecule has 1 atom stereocenters. The highest BCUT2D eigenvalue weighted by Crippen LogP contribution is 2.25. The number of halogens is 1. The van der Waals surface area contributed by atoms with E-state index in [2.05, 4.69) is 22.6 Å². The molecule has 0 aliphatic rings. The van der Waals surface area contributed by atoms with Crippen molar-refractivity contribution in [2.75, 3.05) is 7.11 Å². The summed E-state index contributed by atoms with van der Waals surface area (Å²) in [6.07, 6.45) is 0.771. The molecule has 0 amide bonds. The van der Waals surface area contributed by atoms with Gasteiger partial charge in [0.1, 0.15) is 0 Å². The van der Waals surface area contributed by atoms with Gasteiger partial charge in [0.15, 0.2) is 0 Å². The summed E-state index contributed by atoms with van der Waals surface area (Å²) in [4.78, 5) is 11.5. The second-order valence-electron chi connectivity index (χ2n) is 3.01. The predicted molar refractivity (Wildman–Crippen MR) is 64.2 cm³/mol. The molecule has 1 unspecified atom stereocenters. The molecule has 0 fully saturated rings. The summed E-state index contributed by atoms with van der Waals surface area (Å²) >= 11 is 2.24. The average Bonchev–Trinajstić information content (AvgIpc) is 2.21. The molecule has 1 rings (SSSR count). The quantitative estimate of drug-likeness (QED) is 0.634. The Morgan fingerprint density at radius 2 is 2.14 bits per heavy atom. The van der Waals surface area contributed by atoms with Gasteiger partial charge in [0.2, 0.25) is 0 Å². The minimum Gasteiger partial charge on any atom is -0.469 e. The number of esters is 1. The third-order valence-corrected chi connectivity index (χ3v) is 3.16. The van der Waals surface area contributed by atoms with Gasteiger partial charge in [-0.05, 0) is 40.6 Å². The number of hydrogen-bond donors (Lipinski definition) is 0. The summed E-state index contributed by atoms with van der Waals surface area (Å²) in [6.45, 7) is 1.99. The van der Waals surface area contributed by atoms with Gasteiger partial charge in [-0.2, -0.15) is 0 Å². The molecule has 0 radical (unpaired) electrons. The molecular weight excluding hydrogens is 291 g/mol. The second kappa shape index (κ2) is 5.34. The topological polar surface area (TPSA) is 26.3 Å². The fraction of sp³-hybridized carbons (Fsp3) is 0.364. The van der Waals surface area contributed by atoms with Crippen LogP contribution >= 0.6 is 22.6 Å². The zero-order valence-electron chi connectivity index (χ0n) is 8.29. The number of hydrogen-bond acceptors (Lipinski definition) is 2. The van der Waals surface area contributed by atoms with Crippen LogP contribution in [0.2, 0.25) is 0 Å². The lowest BCUT2D eigenvalue weighted by molar-refractivity contribution is -0.142. The van der Waals surface area contributed by atoms with Crippen LogP contribution in [0, 0.1) is 3.57 Å². The maximum Gasteiger partial charge on any atom is 0.313 e. The van der Waals surface area contributed by atoms with Gasteiger partial charge >= 0.3 is 5.97 Å². The Morgan fingerprint density at radius 1 is 1.50 bits per heavy atom. The minimum absolute atomic E-state index is 0.131. The van der Waals surface area contributed by atoms with Gasteiger partial charge in [-0.3, -0.25) is 4.79 Å². The molecule has 1 aromatic rings. The predicted octanol–water partition coefficient (Wildman–Crippen LogP) is 2.96. The molecule has 0 saturated carbocycles. The van der Waals surface area contributed by atoms with Gasteiger partial charge in [-0.15, -0.1) is 0 Å². The van der Waals surface area contributed by atoms with Crippen molar-refractivity contribution in [1.29, 1.82) is 0 Å². The van der Waals surface area contributed by atoms with Crippen molar-refractivity contribution in [1.82, 2.24) is 0 Å². The molecule has 14 heavy (non-hydrogen) atoms. The fourth-order valence-corrected chi connectivity index (χ4v) is 2.18. The van der Waals surface area contributed by atoms with Crippen molar-refractivity contribution in [3.63, 3.8) is 0 Å². The maximum absolute atomic E-state index is 11.5. The summed E-state index contributed by atoms with van der Waals surface area (Å²) in [5, 5.41) is 0. The molecule has 0 aliphatic heterocycles. The van der Waals surface area contributed by atoms with Crippen LogP contribution in [0.4, 0.5) is 0 Å². The largest absolute Gasteiger partial charge is 0.469 e. The normalized spacial score (nSPS) is 12.2. The number of benzene rings is 1. The third-order valence-electron chi connectivity index (χ3n) is 2.17. The van der Waals surface area contributed by atoms with Crippen molar-refractivity contribution < 1.29 is 9.53 Å². The number of carbonyl (C=O) groups is 1. The molecule has 2 nitrogen and oxygen atoms in total. The Hall–Kier alpha value is -0.580. The summed E-state index contributed by atoms with van der Waals surface area (Å²) in [6, 6.07) is 7.90. The Kier molecular flexibility index (Phi) is 4.38. The van der Waals surface area contributed by atoms with E-state index in [1.807, 2.05) is 31.2 Å². The van der Waals surface area contributed by atoms with Gasteiger partial charge in [0, 0.05) is 3.57 Å². The van der Waals surface area contributed by atoms with E-state index in [4.69, 9.17) is 4.74 Å². The van der Waals surface area contributed by atoms with Crippen LogP contribution in [-0.2, 0) is 9.53 Å². The van der Waals surface area contributed by atoms with E-state index >= 15 is 0 Å². The van der Waals surface area contributed by atoms with Crippen molar-refractivity contribution in [3.05, 3.63) is 33.4 Å². The van der Waals surface area contributed by atoms with Gasteiger partial charge in [-0.1, -0.05) is 25.1 Å². The lowest BCUT2D eigenvalue weighted by atomic mass is 9.97. The van der Waals surface area contributed by atoms with E-state index in [1.165, 1.54) is 7.11 Å². The molecule has 0 N–H and O–H groups in total. The first-order valence-corrected chi connectivity index (χ1v) is 5.60. The van der Waals surface area contributed by atoms with E-state index in [0.29, 0.717) is 0 Å². The summed E-state index contributed by atoms with van der Waals surface area (Å²) in [7, 11) is 1.43. The standard InChI is InChI=1S/C11H13IO2/c1-3-8(11(13)14-2)9-6-4-5-7-10(9)12/h4-8H,3H2,1-2H3. The second-order valence-corrected chi connectivity index (χ2v) is 4.17. The minimum atomic E-state index is -0.156. The molecule has 0 aromatic heterocycles. The van der Waals surface area contributed by atoms with E-state index < -0.39 is 0 Å². The van der Waals surface area contributed by atoms with Crippen LogP contribution in [0.5, 0.6) is 0 Å². The number of rotatable bonds is 3. The SMILES string of the molecule is CCC(C(=O)OC)c1ccccc1I. The molecule has 0 spiro atoms. The lowest BCUT2D eigenvalue weighted by Crippen LogP contribution is -2.14. The third kappa shape index (κ3) is 2.47. The van der Waals surface area contributed by atoms with Crippen LogP contribution in [-0.4, -0.2) is 13.1 Å². The number of carbonyl (C=O) groups excluding carboxylic acids is 1. The molecular formula is C11H13IO2. The first kappa shape index (κ1) is 11.5. The first-order valence-electron chi connectivity index (χ1n) is 4.53. The molecule has 0 heterocycles. The van der Waals surface area contributed by atoms with Crippen molar-refractivity contribution in [3.8, 4) is 0 Å². The Morgan fingerprint density at radius 3 is 2.64 bits per heavy atom. The Labute approximate surface area is 97.8 Å². The van der Waals surface area contributed by atoms with Crippen molar-refractivity contribution in [2.45, 2.75) is 19.3 Å². The van der Waals surface area contributed by atoms with Crippen LogP contribution in [0.1, 0.15) is 24.8 Å². The zero-order valence-corrected chi connectivity index (χ0v) is 10.4. The van der Waals surface area contributed by atoms with Crippen LogP contribution in [0.25, 0.3) is 0 Å². The molecule has 0 saturated heterocycles. The fourth-order valence-electron chi connectivity index (χ4n) is 1.41. The highest BCUT2D eigenvalue weighted by atomic mass is 127. The van der Waals surface area contributed by atoms with Gasteiger partial charge in [-0.25, -0.2) is 0 Å². The van der Waals surface area contributed by atoms with E-state index in [1.54, 1.807) is 0 Å². The van der Waals surface area contributed by atoms with Crippen LogP contribution in [0.3, 0.4) is 0 Å². The van der Waals surface area contributed by atoms with E-state index in [-0.39, 0.29) is 11.9 Å². The van der Waals surface area contributed by atoms with Gasteiger partial charge in [0.05, 0.1) is 13.0 Å². The van der Waals surface area contributed by atoms with Crippen LogP contribution < -0.4 is 0 Å². The monoisotopic (exact) mass is 304 g/mol. The highest BCUT2D eigenvalue weighted by molar-refractivity contribution is 14.1. The maximum atomic E-state index is 11.5. The van der Waals surface area contributed by atoms with E-state index in [0.717, 1.165) is 15.6 Å². The zero-order chi connectivity index (χ0) is 10.6. The summed E-state index contributed by atoms with van der Waals surface area (Å²) in [5.41, 5.74) is 1.06. The molecule has 76 valence electrons. The smallest absolute Gasteiger partial charge is 0.313 e. The Balaban J connectivity index is 3.01. The molecule has 0 bridgehead atoms. The van der Waals surface area contributed by atoms with Crippen molar-refractivity contribution in [2.24, 2.45) is 0 Å². The summed E-state index contributed by atoms with van der Waals surface area (Å²) < 4.78 is 5.88. The van der Waals surface area contributed by atoms with E-state index in [9.17, 15) is 4.79 Å². The summed E-state index contributed by atoms with van der Waals surface area (Å²) in [5.74, 6) is -0.287. The molecule has 1 aromatic carbocycles.